The monoisotopic (exact) mass is 170 g/mol. The van der Waals surface area contributed by atoms with E-state index < -0.39 is 0 Å². The van der Waals surface area contributed by atoms with E-state index in [1.807, 2.05) is 11.8 Å². The molecule has 0 bridgehead atoms. The smallest absolute Gasteiger partial charge is 0.152 e. The lowest BCUT2D eigenvalue weighted by Crippen LogP contribution is -2.10. The molecule has 0 aromatic heterocycles. The molecule has 11 heavy (non-hydrogen) atoms. The normalized spacial score (nSPS) is 28.9. The Morgan fingerprint density at radius 1 is 1.73 bits per heavy atom. The zero-order valence-electron chi connectivity index (χ0n) is 7.09. The molecule has 1 atom stereocenters. The van der Waals surface area contributed by atoms with Crippen molar-refractivity contribution in [2.75, 3.05) is 5.75 Å². The van der Waals surface area contributed by atoms with Crippen molar-refractivity contribution in [3.63, 3.8) is 0 Å². The van der Waals surface area contributed by atoms with Gasteiger partial charge in [0.05, 0.1) is 0 Å². The Kier molecular flexibility index (Phi) is 3.18. The molecule has 0 amide bonds. The highest BCUT2D eigenvalue weighted by Gasteiger charge is 2.14. The molecule has 0 N–H and O–H groups in total. The number of rotatable bonds is 1. The van der Waals surface area contributed by atoms with Gasteiger partial charge in [-0.15, -0.1) is 0 Å². The lowest BCUT2D eigenvalue weighted by Gasteiger charge is -2.20. The second-order valence-electron chi connectivity index (χ2n) is 2.95. The lowest BCUT2D eigenvalue weighted by atomic mass is 10.1. The Morgan fingerprint density at radius 2 is 2.45 bits per heavy atom. The summed E-state index contributed by atoms with van der Waals surface area (Å²) in [4.78, 5) is 10.8. The summed E-state index contributed by atoms with van der Waals surface area (Å²) >= 11 is 1.95. The highest BCUT2D eigenvalue weighted by atomic mass is 32.2. The van der Waals surface area contributed by atoms with E-state index in [9.17, 15) is 4.79 Å². The molecule has 1 rings (SSSR count). The maximum absolute atomic E-state index is 10.8. The minimum Gasteiger partial charge on any atom is -0.295 e. The van der Waals surface area contributed by atoms with Crippen LogP contribution in [0.2, 0.25) is 0 Å². The Morgan fingerprint density at radius 3 is 3.00 bits per heavy atom. The number of carbonyl (C=O) groups excluding carboxylic acids is 1. The fraction of sp³-hybridized carbons (Fsp3) is 0.667. The molecule has 1 heterocycles. The average Bonchev–Trinajstić information content (AvgIpc) is 1.93. The van der Waals surface area contributed by atoms with Crippen LogP contribution in [0.4, 0.5) is 0 Å². The number of thioether (sulfide) groups is 1. The topological polar surface area (TPSA) is 17.1 Å². The summed E-state index contributed by atoms with van der Waals surface area (Å²) in [6.07, 6.45) is 4.15. The highest BCUT2D eigenvalue weighted by molar-refractivity contribution is 8.00. The number of ketones is 1. The maximum Gasteiger partial charge on any atom is 0.152 e. The number of hydrogen-bond donors (Lipinski definition) is 0. The van der Waals surface area contributed by atoms with Crippen LogP contribution in [0.5, 0.6) is 0 Å². The van der Waals surface area contributed by atoms with Crippen LogP contribution in [-0.2, 0) is 4.79 Å². The van der Waals surface area contributed by atoms with Crippen LogP contribution < -0.4 is 0 Å². The minimum absolute atomic E-state index is 0.189. The van der Waals surface area contributed by atoms with E-state index in [1.165, 1.54) is 17.7 Å². The molecular formula is C9H14OS. The molecule has 1 saturated heterocycles. The van der Waals surface area contributed by atoms with Gasteiger partial charge in [-0.05, 0) is 38.5 Å². The third-order valence-corrected chi connectivity index (χ3v) is 3.22. The van der Waals surface area contributed by atoms with Gasteiger partial charge in [0.15, 0.2) is 5.78 Å². The third kappa shape index (κ3) is 2.70. The van der Waals surface area contributed by atoms with Crippen LogP contribution in [0, 0.1) is 0 Å². The Bertz CT molecular complexity index is 184. The molecule has 62 valence electrons. The van der Waals surface area contributed by atoms with Crippen LogP contribution in [0.15, 0.2) is 11.6 Å². The van der Waals surface area contributed by atoms with Gasteiger partial charge in [-0.3, -0.25) is 4.79 Å². The molecule has 1 aliphatic heterocycles. The second-order valence-corrected chi connectivity index (χ2v) is 4.40. The van der Waals surface area contributed by atoms with Crippen molar-refractivity contribution < 1.29 is 4.79 Å². The molecule has 0 aromatic carbocycles. The summed E-state index contributed by atoms with van der Waals surface area (Å²) in [6.45, 7) is 3.80. The summed E-state index contributed by atoms with van der Waals surface area (Å²) < 4.78 is 0. The van der Waals surface area contributed by atoms with E-state index in [-0.39, 0.29) is 5.78 Å². The summed E-state index contributed by atoms with van der Waals surface area (Å²) in [5.74, 6) is 1.44. The first-order valence-corrected chi connectivity index (χ1v) is 5.07. The number of hydrogen-bond acceptors (Lipinski definition) is 2. The van der Waals surface area contributed by atoms with Crippen LogP contribution in [0.25, 0.3) is 0 Å². The van der Waals surface area contributed by atoms with Crippen molar-refractivity contribution in [3.8, 4) is 0 Å². The minimum atomic E-state index is 0.189. The van der Waals surface area contributed by atoms with E-state index in [0.29, 0.717) is 5.25 Å². The fourth-order valence-corrected chi connectivity index (χ4v) is 2.36. The first kappa shape index (κ1) is 8.85. The van der Waals surface area contributed by atoms with Crippen LogP contribution in [0.3, 0.4) is 0 Å². The van der Waals surface area contributed by atoms with E-state index in [0.717, 1.165) is 6.42 Å². The Labute approximate surface area is 72.2 Å². The number of carbonyl (C=O) groups is 1. The zero-order chi connectivity index (χ0) is 8.27. The van der Waals surface area contributed by atoms with Gasteiger partial charge in [-0.25, -0.2) is 0 Å². The molecule has 1 aliphatic rings. The van der Waals surface area contributed by atoms with Crippen molar-refractivity contribution in [3.05, 3.63) is 11.6 Å². The molecule has 1 nitrogen and oxygen atoms in total. The quantitative estimate of drug-likeness (QED) is 0.562. The van der Waals surface area contributed by atoms with Gasteiger partial charge in [0.25, 0.3) is 0 Å². The molecule has 1 unspecified atom stereocenters. The Hall–Kier alpha value is -0.240. The summed E-state index contributed by atoms with van der Waals surface area (Å²) in [7, 11) is 0. The number of allylic oxidation sites excluding steroid dienone is 1. The van der Waals surface area contributed by atoms with Crippen LogP contribution in [0.1, 0.15) is 26.7 Å². The van der Waals surface area contributed by atoms with Crippen LogP contribution in [-0.4, -0.2) is 16.8 Å². The van der Waals surface area contributed by atoms with E-state index in [2.05, 4.69) is 6.92 Å². The molecule has 2 heteroatoms. The molecule has 0 aromatic rings. The maximum atomic E-state index is 10.8. The summed E-state index contributed by atoms with van der Waals surface area (Å²) in [6, 6.07) is 0. The zero-order valence-corrected chi connectivity index (χ0v) is 7.91. The van der Waals surface area contributed by atoms with Gasteiger partial charge >= 0.3 is 0 Å². The predicted octanol–water partition coefficient (Wildman–Crippen LogP) is 2.42. The van der Waals surface area contributed by atoms with Gasteiger partial charge in [0, 0.05) is 5.25 Å². The van der Waals surface area contributed by atoms with Crippen molar-refractivity contribution in [1.82, 2.24) is 0 Å². The van der Waals surface area contributed by atoms with E-state index >= 15 is 0 Å². The van der Waals surface area contributed by atoms with Gasteiger partial charge in [0.1, 0.15) is 0 Å². The largest absolute Gasteiger partial charge is 0.295 e. The van der Waals surface area contributed by atoms with Crippen molar-refractivity contribution >= 4 is 17.5 Å². The predicted molar refractivity (Wildman–Crippen MR) is 49.9 cm³/mol. The van der Waals surface area contributed by atoms with Crippen molar-refractivity contribution in [2.45, 2.75) is 31.9 Å². The van der Waals surface area contributed by atoms with Gasteiger partial charge < -0.3 is 0 Å². The molecule has 0 aliphatic carbocycles. The van der Waals surface area contributed by atoms with Gasteiger partial charge in [-0.1, -0.05) is 5.57 Å². The molecule has 0 spiro atoms. The van der Waals surface area contributed by atoms with Crippen LogP contribution >= 0.6 is 11.8 Å². The van der Waals surface area contributed by atoms with E-state index in [4.69, 9.17) is 0 Å². The molecule has 1 fully saturated rings. The first-order chi connectivity index (χ1) is 5.20. The van der Waals surface area contributed by atoms with Gasteiger partial charge in [0.2, 0.25) is 0 Å². The standard InChI is InChI=1S/C9H14OS/c1-7(10)6-9-4-3-5-11-8(9)2/h6,8H,3-5H2,1-2H3. The summed E-state index contributed by atoms with van der Waals surface area (Å²) in [5, 5.41) is 0.563. The molecule has 0 radical (unpaired) electrons. The fourth-order valence-electron chi connectivity index (χ4n) is 1.30. The second kappa shape index (κ2) is 3.96. The molecule has 0 saturated carbocycles. The molecular weight excluding hydrogens is 156 g/mol. The van der Waals surface area contributed by atoms with E-state index in [1.54, 1.807) is 13.0 Å². The van der Waals surface area contributed by atoms with Gasteiger partial charge in [-0.2, -0.15) is 11.8 Å². The first-order valence-electron chi connectivity index (χ1n) is 4.03. The van der Waals surface area contributed by atoms with Crippen molar-refractivity contribution in [1.29, 1.82) is 0 Å². The van der Waals surface area contributed by atoms with Crippen molar-refractivity contribution in [2.24, 2.45) is 0 Å². The lowest BCUT2D eigenvalue weighted by molar-refractivity contribution is -0.112. The SMILES string of the molecule is CC(=O)C=C1CCCSC1C. The average molecular weight is 170 g/mol. The highest BCUT2D eigenvalue weighted by Crippen LogP contribution is 2.29. The third-order valence-electron chi connectivity index (χ3n) is 1.89. The Balaban J connectivity index is 2.60. The summed E-state index contributed by atoms with van der Waals surface area (Å²) in [5.41, 5.74) is 1.33.